The maximum Gasteiger partial charge on any atom is 0.262 e. The lowest BCUT2D eigenvalue weighted by Crippen LogP contribution is -2.13. The Labute approximate surface area is 168 Å². The van der Waals surface area contributed by atoms with E-state index in [0.29, 0.717) is 34.0 Å². The first-order valence-corrected chi connectivity index (χ1v) is 10.3. The summed E-state index contributed by atoms with van der Waals surface area (Å²) in [5.74, 6) is 1.61. The van der Waals surface area contributed by atoms with Gasteiger partial charge in [0.05, 0.1) is 35.8 Å². The van der Waals surface area contributed by atoms with Crippen molar-refractivity contribution in [1.82, 2.24) is 9.97 Å². The van der Waals surface area contributed by atoms with Gasteiger partial charge in [-0.05, 0) is 30.3 Å². The molecular weight excluding hydrogens is 390 g/mol. The van der Waals surface area contributed by atoms with Crippen molar-refractivity contribution in [3.63, 3.8) is 0 Å². The molecule has 8 heteroatoms. The van der Waals surface area contributed by atoms with Crippen molar-refractivity contribution >= 4 is 26.7 Å². The number of anilines is 1. The molecule has 0 amide bonds. The maximum atomic E-state index is 12.9. The Balaban J connectivity index is 1.68. The zero-order valence-corrected chi connectivity index (χ0v) is 16.7. The first-order valence-electron chi connectivity index (χ1n) is 8.80. The van der Waals surface area contributed by atoms with E-state index in [0.717, 1.165) is 5.56 Å². The highest BCUT2D eigenvalue weighted by atomic mass is 32.2. The number of nitrogens with one attached hydrogen (secondary N) is 2. The number of aromatic nitrogens is 2. The second-order valence-electron chi connectivity index (χ2n) is 6.30. The number of methoxy groups -OCH3 is 2. The van der Waals surface area contributed by atoms with Gasteiger partial charge in [-0.25, -0.2) is 13.4 Å². The van der Waals surface area contributed by atoms with Crippen LogP contribution >= 0.6 is 0 Å². The van der Waals surface area contributed by atoms with Gasteiger partial charge >= 0.3 is 0 Å². The molecule has 4 aromatic rings. The third kappa shape index (κ3) is 3.74. The van der Waals surface area contributed by atoms with Crippen LogP contribution in [0, 0.1) is 0 Å². The third-order valence-corrected chi connectivity index (χ3v) is 5.83. The highest BCUT2D eigenvalue weighted by Gasteiger charge is 2.18. The predicted molar refractivity (Wildman–Crippen MR) is 112 cm³/mol. The van der Waals surface area contributed by atoms with Gasteiger partial charge in [-0.1, -0.05) is 30.3 Å². The van der Waals surface area contributed by atoms with E-state index in [1.165, 1.54) is 20.3 Å². The monoisotopic (exact) mass is 409 g/mol. The first kappa shape index (κ1) is 18.8. The third-order valence-electron chi connectivity index (χ3n) is 4.46. The van der Waals surface area contributed by atoms with E-state index in [9.17, 15) is 8.42 Å². The molecule has 0 aliphatic rings. The molecule has 0 fully saturated rings. The number of hydrogen-bond donors (Lipinski definition) is 2. The van der Waals surface area contributed by atoms with Gasteiger partial charge in [0.2, 0.25) is 0 Å². The van der Waals surface area contributed by atoms with Crippen molar-refractivity contribution in [2.45, 2.75) is 4.90 Å². The SMILES string of the molecule is COc1ccc(NS(=O)(=O)c2ccc3nc(-c4ccccc4)[nH]c3c2)c(OC)c1. The molecule has 0 aliphatic heterocycles. The minimum atomic E-state index is -3.83. The Morgan fingerprint density at radius 1 is 0.931 bits per heavy atom. The largest absolute Gasteiger partial charge is 0.497 e. The number of aromatic amines is 1. The number of hydrogen-bond acceptors (Lipinski definition) is 5. The van der Waals surface area contributed by atoms with Crippen LogP contribution in [-0.2, 0) is 10.0 Å². The maximum absolute atomic E-state index is 12.9. The van der Waals surface area contributed by atoms with Crippen LogP contribution in [0.25, 0.3) is 22.4 Å². The molecule has 0 bridgehead atoms. The number of fused-ring (bicyclic) bond motifs is 1. The van der Waals surface area contributed by atoms with Gasteiger partial charge in [0.25, 0.3) is 10.0 Å². The van der Waals surface area contributed by atoms with E-state index >= 15 is 0 Å². The van der Waals surface area contributed by atoms with Crippen LogP contribution in [0.5, 0.6) is 11.5 Å². The van der Waals surface area contributed by atoms with Crippen LogP contribution in [0.15, 0.2) is 71.6 Å². The Morgan fingerprint density at radius 3 is 2.45 bits per heavy atom. The number of benzene rings is 3. The molecule has 4 rings (SSSR count). The van der Waals surface area contributed by atoms with Crippen LogP contribution in [-0.4, -0.2) is 32.6 Å². The minimum absolute atomic E-state index is 0.117. The molecule has 148 valence electrons. The van der Waals surface area contributed by atoms with Gasteiger partial charge in [0.15, 0.2) is 0 Å². The molecular formula is C21H19N3O4S. The van der Waals surface area contributed by atoms with Crippen molar-refractivity contribution < 1.29 is 17.9 Å². The topological polar surface area (TPSA) is 93.3 Å². The van der Waals surface area contributed by atoms with Gasteiger partial charge in [-0.3, -0.25) is 4.72 Å². The van der Waals surface area contributed by atoms with Crippen LogP contribution in [0.4, 0.5) is 5.69 Å². The Bertz CT molecular complexity index is 1270. The summed E-state index contributed by atoms with van der Waals surface area (Å²) in [5.41, 5.74) is 2.57. The zero-order valence-electron chi connectivity index (χ0n) is 15.8. The fraction of sp³-hybridized carbons (Fsp3) is 0.0952. The Hall–Kier alpha value is -3.52. The van der Waals surface area contributed by atoms with Crippen LogP contribution in [0.3, 0.4) is 0 Å². The highest BCUT2D eigenvalue weighted by molar-refractivity contribution is 7.92. The average molecular weight is 409 g/mol. The number of nitrogens with zero attached hydrogens (tertiary/aromatic N) is 1. The summed E-state index contributed by atoms with van der Waals surface area (Å²) in [6, 6.07) is 19.3. The number of H-pyrrole nitrogens is 1. The van der Waals surface area contributed by atoms with Crippen molar-refractivity contribution in [1.29, 1.82) is 0 Å². The van der Waals surface area contributed by atoms with Crippen LogP contribution < -0.4 is 14.2 Å². The Morgan fingerprint density at radius 2 is 1.72 bits per heavy atom. The molecule has 7 nitrogen and oxygen atoms in total. The van der Waals surface area contributed by atoms with Crippen LogP contribution in [0.2, 0.25) is 0 Å². The van der Waals surface area contributed by atoms with Gasteiger partial charge in [-0.2, -0.15) is 0 Å². The molecule has 29 heavy (non-hydrogen) atoms. The fourth-order valence-corrected chi connectivity index (χ4v) is 4.07. The number of sulfonamides is 1. The molecule has 0 radical (unpaired) electrons. The molecule has 3 aromatic carbocycles. The summed E-state index contributed by atoms with van der Waals surface area (Å²) in [4.78, 5) is 7.83. The van der Waals surface area contributed by atoms with E-state index in [-0.39, 0.29) is 4.90 Å². The molecule has 0 saturated heterocycles. The smallest absolute Gasteiger partial charge is 0.262 e. The van der Waals surface area contributed by atoms with E-state index in [4.69, 9.17) is 9.47 Å². The summed E-state index contributed by atoms with van der Waals surface area (Å²) in [6.07, 6.45) is 0. The quantitative estimate of drug-likeness (QED) is 0.501. The van der Waals surface area contributed by atoms with Gasteiger partial charge in [0, 0.05) is 11.6 Å². The lowest BCUT2D eigenvalue weighted by atomic mass is 10.2. The molecule has 1 heterocycles. The molecule has 2 N–H and O–H groups in total. The van der Waals surface area contributed by atoms with Gasteiger partial charge < -0.3 is 14.5 Å². The molecule has 0 spiro atoms. The molecule has 1 aromatic heterocycles. The van der Waals surface area contributed by atoms with E-state index in [1.54, 1.807) is 30.3 Å². The minimum Gasteiger partial charge on any atom is -0.497 e. The Kier molecular flexibility index (Phi) is 4.85. The van der Waals surface area contributed by atoms with Gasteiger partial charge in [-0.15, -0.1) is 0 Å². The molecule has 0 aliphatic carbocycles. The summed E-state index contributed by atoms with van der Waals surface area (Å²) in [6.45, 7) is 0. The zero-order chi connectivity index (χ0) is 20.4. The second kappa shape index (κ2) is 7.48. The first-order chi connectivity index (χ1) is 14.0. The molecule has 0 unspecified atom stereocenters. The fourth-order valence-electron chi connectivity index (χ4n) is 2.98. The average Bonchev–Trinajstić information content (AvgIpc) is 3.18. The van der Waals surface area contributed by atoms with Crippen molar-refractivity contribution in [2.75, 3.05) is 18.9 Å². The van der Waals surface area contributed by atoms with E-state index < -0.39 is 10.0 Å². The van der Waals surface area contributed by atoms with Gasteiger partial charge in [0.1, 0.15) is 17.3 Å². The highest BCUT2D eigenvalue weighted by Crippen LogP contribution is 2.31. The van der Waals surface area contributed by atoms with Crippen molar-refractivity contribution in [3.05, 3.63) is 66.7 Å². The predicted octanol–water partition coefficient (Wildman–Crippen LogP) is 4.05. The summed E-state index contributed by atoms with van der Waals surface area (Å²) >= 11 is 0. The summed E-state index contributed by atoms with van der Waals surface area (Å²) < 4.78 is 38.8. The van der Waals surface area contributed by atoms with Crippen molar-refractivity contribution in [3.8, 4) is 22.9 Å². The lowest BCUT2D eigenvalue weighted by Gasteiger charge is -2.13. The summed E-state index contributed by atoms with van der Waals surface area (Å²) in [5, 5.41) is 0. The lowest BCUT2D eigenvalue weighted by molar-refractivity contribution is 0.395. The normalized spacial score (nSPS) is 11.4. The molecule has 0 atom stereocenters. The van der Waals surface area contributed by atoms with E-state index in [2.05, 4.69) is 14.7 Å². The summed E-state index contributed by atoms with van der Waals surface area (Å²) in [7, 11) is -0.835. The second-order valence-corrected chi connectivity index (χ2v) is 7.98. The molecule has 0 saturated carbocycles. The van der Waals surface area contributed by atoms with Crippen LogP contribution in [0.1, 0.15) is 0 Å². The standard InChI is InChI=1S/C21H19N3O4S/c1-27-15-8-10-18(20(12-15)28-2)24-29(25,26)16-9-11-17-19(13-16)23-21(22-17)14-6-4-3-5-7-14/h3-13,24H,1-2H3,(H,22,23). The van der Waals surface area contributed by atoms with E-state index in [1.807, 2.05) is 30.3 Å². The number of ether oxygens (including phenoxy) is 2. The van der Waals surface area contributed by atoms with Crippen molar-refractivity contribution in [2.24, 2.45) is 0 Å². The number of imidazole rings is 1. The number of rotatable bonds is 6.